The molecule has 2 aromatic carbocycles. The second-order valence-electron chi connectivity index (χ2n) is 10.8. The lowest BCUT2D eigenvalue weighted by molar-refractivity contribution is 0.0303. The van der Waals surface area contributed by atoms with Crippen LogP contribution in [0.4, 0.5) is 14.9 Å². The maximum atomic E-state index is 13.3. The molecule has 38 heavy (non-hydrogen) atoms. The number of anilines is 1. The van der Waals surface area contributed by atoms with E-state index >= 15 is 0 Å². The van der Waals surface area contributed by atoms with Crippen LogP contribution >= 0.6 is 0 Å². The predicted molar refractivity (Wildman–Crippen MR) is 143 cm³/mol. The van der Waals surface area contributed by atoms with Gasteiger partial charge in [-0.05, 0) is 80.5 Å². The fraction of sp³-hybridized carbons (Fsp3) is 0.517. The number of morpholine rings is 1. The van der Waals surface area contributed by atoms with E-state index in [2.05, 4.69) is 15.5 Å². The normalized spacial score (nSPS) is 21.0. The summed E-state index contributed by atoms with van der Waals surface area (Å²) >= 11 is 0. The summed E-state index contributed by atoms with van der Waals surface area (Å²) < 4.78 is 24.1. The molecule has 204 valence electrons. The van der Waals surface area contributed by atoms with Crippen molar-refractivity contribution in [1.29, 1.82) is 0 Å². The molecular weight excluding hydrogens is 487 g/mol. The fourth-order valence-electron chi connectivity index (χ4n) is 5.60. The minimum Gasteiger partial charge on any atom is -0.495 e. The van der Waals surface area contributed by atoms with Crippen LogP contribution in [0.3, 0.4) is 0 Å². The number of carbonyl (C=O) groups excluding carboxylic acids is 2. The second kappa shape index (κ2) is 11.7. The molecule has 0 aromatic heterocycles. The molecule has 2 saturated heterocycles. The number of amides is 3. The van der Waals surface area contributed by atoms with Gasteiger partial charge >= 0.3 is 6.03 Å². The Bertz CT molecular complexity index is 1130. The van der Waals surface area contributed by atoms with Crippen molar-refractivity contribution in [2.45, 2.75) is 37.6 Å². The highest BCUT2D eigenvalue weighted by molar-refractivity contribution is 5.98. The molecule has 2 N–H and O–H groups in total. The van der Waals surface area contributed by atoms with Crippen molar-refractivity contribution in [3.05, 3.63) is 59.4 Å². The zero-order chi connectivity index (χ0) is 26.5. The van der Waals surface area contributed by atoms with Gasteiger partial charge in [-0.3, -0.25) is 4.79 Å². The van der Waals surface area contributed by atoms with Crippen molar-refractivity contribution in [1.82, 2.24) is 15.1 Å². The number of benzene rings is 2. The lowest BCUT2D eigenvalue weighted by Crippen LogP contribution is -2.49. The average Bonchev–Trinajstić information content (AvgIpc) is 3.68. The summed E-state index contributed by atoms with van der Waals surface area (Å²) in [7, 11) is 1.54. The van der Waals surface area contributed by atoms with Gasteiger partial charge < -0.3 is 29.9 Å². The molecule has 2 aliphatic heterocycles. The Morgan fingerprint density at radius 2 is 1.87 bits per heavy atom. The minimum absolute atomic E-state index is 0.0848. The smallest absolute Gasteiger partial charge is 0.319 e. The lowest BCUT2D eigenvalue weighted by Gasteiger charge is -2.35. The molecular formula is C29H37FN4O4. The summed E-state index contributed by atoms with van der Waals surface area (Å²) in [6, 6.07) is 11.6. The van der Waals surface area contributed by atoms with Gasteiger partial charge in [-0.2, -0.15) is 0 Å². The first-order valence-electron chi connectivity index (χ1n) is 13.5. The molecule has 2 heterocycles. The highest BCUT2D eigenvalue weighted by Crippen LogP contribution is 2.38. The van der Waals surface area contributed by atoms with Crippen molar-refractivity contribution in [2.75, 3.05) is 58.4 Å². The summed E-state index contributed by atoms with van der Waals surface area (Å²) in [5.74, 6) is 0.739. The number of urea groups is 1. The molecule has 3 amide bonds. The van der Waals surface area contributed by atoms with Crippen molar-refractivity contribution in [3.8, 4) is 5.75 Å². The van der Waals surface area contributed by atoms with E-state index in [1.165, 1.54) is 17.7 Å². The van der Waals surface area contributed by atoms with Gasteiger partial charge in [0.05, 0.1) is 31.5 Å². The van der Waals surface area contributed by atoms with Gasteiger partial charge in [-0.15, -0.1) is 0 Å². The molecule has 5 rings (SSSR count). The first-order chi connectivity index (χ1) is 18.4. The third-order valence-corrected chi connectivity index (χ3v) is 7.79. The quantitative estimate of drug-likeness (QED) is 0.547. The number of ether oxygens (including phenoxy) is 2. The van der Waals surface area contributed by atoms with Crippen molar-refractivity contribution < 1.29 is 23.5 Å². The number of hydrogen-bond donors (Lipinski definition) is 2. The van der Waals surface area contributed by atoms with E-state index in [4.69, 9.17) is 9.47 Å². The number of likely N-dealkylation sites (tertiary alicyclic amines) is 1. The third-order valence-electron chi connectivity index (χ3n) is 7.79. The van der Waals surface area contributed by atoms with Gasteiger partial charge in [-0.1, -0.05) is 12.1 Å². The standard InChI is InChI=1S/C29H37FN4O4/c1-37-26-9-6-23(27(35)34-13-15-38-16-14-34)18-25(26)31-28(36)32-29(10-11-29)20-33-12-2-3-22(19-33)17-21-4-7-24(30)8-5-21/h4-9,18,22H,2-3,10-17,19-20H2,1H3,(H2,31,32,36)/t22-/m0/s1. The maximum absolute atomic E-state index is 13.3. The van der Waals surface area contributed by atoms with Crippen LogP contribution in [-0.4, -0.2) is 80.3 Å². The van der Waals surface area contributed by atoms with Crippen molar-refractivity contribution in [2.24, 2.45) is 5.92 Å². The van der Waals surface area contributed by atoms with E-state index in [1.807, 2.05) is 12.1 Å². The Balaban J connectivity index is 1.17. The lowest BCUT2D eigenvalue weighted by atomic mass is 9.91. The van der Waals surface area contributed by atoms with Gasteiger partial charge in [0, 0.05) is 31.7 Å². The van der Waals surface area contributed by atoms with Gasteiger partial charge in [-0.25, -0.2) is 9.18 Å². The number of nitrogens with zero attached hydrogens (tertiary/aromatic N) is 2. The van der Waals surface area contributed by atoms with Gasteiger partial charge in [0.15, 0.2) is 0 Å². The van der Waals surface area contributed by atoms with E-state index in [9.17, 15) is 14.0 Å². The topological polar surface area (TPSA) is 83.1 Å². The van der Waals surface area contributed by atoms with Crippen LogP contribution in [0.1, 0.15) is 41.6 Å². The highest BCUT2D eigenvalue weighted by atomic mass is 19.1. The Hall–Kier alpha value is -3.17. The maximum Gasteiger partial charge on any atom is 0.319 e. The Kier molecular flexibility index (Phi) is 8.14. The molecule has 0 radical (unpaired) electrons. The van der Waals surface area contributed by atoms with Crippen LogP contribution in [-0.2, 0) is 11.2 Å². The molecule has 9 heteroatoms. The van der Waals surface area contributed by atoms with Crippen LogP contribution in [0.15, 0.2) is 42.5 Å². The second-order valence-corrected chi connectivity index (χ2v) is 10.8. The fourth-order valence-corrected chi connectivity index (χ4v) is 5.60. The van der Waals surface area contributed by atoms with Crippen LogP contribution in [0.25, 0.3) is 0 Å². The highest BCUT2D eigenvalue weighted by Gasteiger charge is 2.46. The molecule has 1 saturated carbocycles. The number of piperidine rings is 1. The molecule has 0 bridgehead atoms. The van der Waals surface area contributed by atoms with Crippen molar-refractivity contribution >= 4 is 17.6 Å². The average molecular weight is 525 g/mol. The molecule has 1 aliphatic carbocycles. The number of methoxy groups -OCH3 is 1. The molecule has 3 fully saturated rings. The van der Waals surface area contributed by atoms with E-state index in [0.717, 1.165) is 51.7 Å². The van der Waals surface area contributed by atoms with E-state index < -0.39 is 0 Å². The molecule has 8 nitrogen and oxygen atoms in total. The molecule has 0 spiro atoms. The molecule has 3 aliphatic rings. The SMILES string of the molecule is COc1ccc(C(=O)N2CCOCC2)cc1NC(=O)NC1(CN2CCC[C@@H](Cc3ccc(F)cc3)C2)CC1. The van der Waals surface area contributed by atoms with Crippen molar-refractivity contribution in [3.63, 3.8) is 0 Å². The largest absolute Gasteiger partial charge is 0.495 e. The summed E-state index contributed by atoms with van der Waals surface area (Å²) in [5.41, 5.74) is 1.90. The summed E-state index contributed by atoms with van der Waals surface area (Å²) in [4.78, 5) is 30.2. The van der Waals surface area contributed by atoms with Crippen LogP contribution < -0.4 is 15.4 Å². The first kappa shape index (κ1) is 26.4. The third kappa shape index (κ3) is 6.63. The van der Waals surface area contributed by atoms with Gasteiger partial charge in [0.2, 0.25) is 0 Å². The zero-order valence-electron chi connectivity index (χ0n) is 22.0. The minimum atomic E-state index is -0.295. The number of rotatable bonds is 8. The molecule has 1 atom stereocenters. The van der Waals surface area contributed by atoms with Gasteiger partial charge in [0.1, 0.15) is 11.6 Å². The zero-order valence-corrected chi connectivity index (χ0v) is 22.0. The molecule has 0 unspecified atom stereocenters. The number of nitrogens with one attached hydrogen (secondary N) is 2. The number of halogens is 1. The number of carbonyl (C=O) groups is 2. The van der Waals surface area contributed by atoms with E-state index in [-0.39, 0.29) is 23.3 Å². The summed E-state index contributed by atoms with van der Waals surface area (Å²) in [6.45, 7) is 4.97. The first-order valence-corrected chi connectivity index (χ1v) is 13.5. The Morgan fingerprint density at radius 1 is 1.11 bits per heavy atom. The number of hydrogen-bond acceptors (Lipinski definition) is 5. The van der Waals surface area contributed by atoms with E-state index in [1.54, 1.807) is 30.2 Å². The Morgan fingerprint density at radius 3 is 2.58 bits per heavy atom. The van der Waals surface area contributed by atoms with Crippen LogP contribution in [0.5, 0.6) is 5.75 Å². The van der Waals surface area contributed by atoms with Crippen LogP contribution in [0, 0.1) is 11.7 Å². The van der Waals surface area contributed by atoms with Gasteiger partial charge in [0.25, 0.3) is 5.91 Å². The monoisotopic (exact) mass is 524 g/mol. The van der Waals surface area contributed by atoms with E-state index in [0.29, 0.717) is 49.2 Å². The Labute approximate surface area is 223 Å². The van der Waals surface area contributed by atoms with Crippen LogP contribution in [0.2, 0.25) is 0 Å². The molecule has 2 aromatic rings. The summed E-state index contributed by atoms with van der Waals surface area (Å²) in [6.07, 6.45) is 5.10. The summed E-state index contributed by atoms with van der Waals surface area (Å²) in [5, 5.41) is 6.12. The predicted octanol–water partition coefficient (Wildman–Crippen LogP) is 3.92.